The van der Waals surface area contributed by atoms with Crippen molar-refractivity contribution in [3.05, 3.63) is 77.7 Å². The van der Waals surface area contributed by atoms with Crippen LogP contribution in [0.4, 0.5) is 17.6 Å². The quantitative estimate of drug-likeness (QED) is 0.349. The Hall–Kier alpha value is -3.11. The highest BCUT2D eigenvalue weighted by Crippen LogP contribution is 2.34. The summed E-state index contributed by atoms with van der Waals surface area (Å²) in [6.07, 6.45) is -4.62. The third-order valence-electron chi connectivity index (χ3n) is 4.19. The molecule has 0 atom stereocenters. The van der Waals surface area contributed by atoms with Gasteiger partial charge in [-0.25, -0.2) is 18.5 Å². The summed E-state index contributed by atoms with van der Waals surface area (Å²) < 4.78 is 59.6. The molecular weight excluding hydrogens is 448 g/mol. The second-order valence-corrected chi connectivity index (χ2v) is 8.03. The van der Waals surface area contributed by atoms with E-state index >= 15 is 0 Å². The van der Waals surface area contributed by atoms with Crippen LogP contribution >= 0.6 is 11.9 Å². The average molecular weight is 466 g/mol. The lowest BCUT2D eigenvalue weighted by atomic mass is 10.1. The maximum absolute atomic E-state index is 13.1. The zero-order valence-corrected chi connectivity index (χ0v) is 17.6. The van der Waals surface area contributed by atoms with E-state index in [0.717, 1.165) is 16.5 Å². The summed E-state index contributed by atoms with van der Waals surface area (Å²) >= 11 is 1.37. The van der Waals surface area contributed by atoms with Gasteiger partial charge in [-0.1, -0.05) is 12.1 Å². The van der Waals surface area contributed by atoms with E-state index in [1.807, 2.05) is 11.4 Å². The first kappa shape index (κ1) is 23.6. The number of halogens is 4. The predicted octanol–water partition coefficient (Wildman–Crippen LogP) is 5.51. The monoisotopic (exact) mass is 466 g/mol. The minimum Gasteiger partial charge on any atom is -0.481 e. The van der Waals surface area contributed by atoms with Crippen molar-refractivity contribution in [2.45, 2.75) is 17.6 Å². The topological polar surface area (TPSA) is 62.7 Å². The molecule has 0 fully saturated rings. The fraction of sp³-hybridized carbons (Fsp3) is 0.182. The molecule has 3 aromatic rings. The summed E-state index contributed by atoms with van der Waals surface area (Å²) in [6, 6.07) is 14.3. The molecule has 1 heterocycles. The van der Waals surface area contributed by atoms with Gasteiger partial charge in [0.15, 0.2) is 6.61 Å². The molecule has 1 N–H and O–H groups in total. The van der Waals surface area contributed by atoms with Gasteiger partial charge >= 0.3 is 12.1 Å². The Morgan fingerprint density at radius 1 is 1.12 bits per heavy atom. The van der Waals surface area contributed by atoms with Gasteiger partial charge in [0.2, 0.25) is 0 Å². The van der Waals surface area contributed by atoms with Crippen molar-refractivity contribution in [1.29, 1.82) is 0 Å². The van der Waals surface area contributed by atoms with E-state index in [-0.39, 0.29) is 22.8 Å². The molecule has 0 saturated heterocycles. The van der Waals surface area contributed by atoms with Gasteiger partial charge < -0.3 is 9.84 Å². The number of carbonyl (C=O) groups is 1. The number of nitrogens with zero attached hydrogens (tertiary/aromatic N) is 2. The van der Waals surface area contributed by atoms with Crippen LogP contribution in [0.25, 0.3) is 11.3 Å². The molecule has 0 aliphatic heterocycles. The second kappa shape index (κ2) is 10.0. The lowest BCUT2D eigenvalue weighted by Gasteiger charge is -2.18. The molecule has 0 spiro atoms. The number of aliphatic carboxylic acids is 1. The van der Waals surface area contributed by atoms with Gasteiger partial charge in [-0.15, -0.1) is 0 Å². The van der Waals surface area contributed by atoms with Gasteiger partial charge in [-0.05, 0) is 73.1 Å². The normalized spacial score (nSPS) is 11.6. The Kier molecular flexibility index (Phi) is 7.37. The number of alkyl halides is 3. The van der Waals surface area contributed by atoms with Crippen LogP contribution in [0.15, 0.2) is 65.6 Å². The number of carboxylic acids is 1. The number of carboxylic acid groups (broad SMARTS) is 1. The van der Waals surface area contributed by atoms with Crippen molar-refractivity contribution >= 4 is 17.9 Å². The minimum atomic E-state index is -4.62. The summed E-state index contributed by atoms with van der Waals surface area (Å²) in [6.45, 7) is -0.251. The average Bonchev–Trinajstić information content (AvgIpc) is 2.74. The summed E-state index contributed by atoms with van der Waals surface area (Å²) in [7, 11) is 1.81. The highest BCUT2D eigenvalue weighted by atomic mass is 32.2. The molecule has 5 nitrogen and oxygen atoms in total. The highest BCUT2D eigenvalue weighted by Gasteiger charge is 2.32. The molecule has 32 heavy (non-hydrogen) atoms. The van der Waals surface area contributed by atoms with Crippen LogP contribution in [-0.2, 0) is 17.5 Å². The molecule has 0 aliphatic rings. The Morgan fingerprint density at radius 3 is 2.50 bits per heavy atom. The minimum absolute atomic E-state index is 0.0101. The Balaban J connectivity index is 1.89. The fourth-order valence-corrected chi connectivity index (χ4v) is 3.68. The van der Waals surface area contributed by atoms with Crippen molar-refractivity contribution in [2.75, 3.05) is 13.7 Å². The van der Waals surface area contributed by atoms with E-state index < -0.39 is 24.4 Å². The number of benzene rings is 2. The number of pyridine rings is 1. The molecule has 10 heteroatoms. The van der Waals surface area contributed by atoms with Crippen molar-refractivity contribution in [1.82, 2.24) is 9.29 Å². The van der Waals surface area contributed by atoms with Gasteiger partial charge in [-0.2, -0.15) is 13.2 Å². The summed E-state index contributed by atoms with van der Waals surface area (Å²) in [5, 5.41) is 8.90. The molecule has 1 aromatic heterocycles. The number of rotatable bonds is 8. The zero-order valence-electron chi connectivity index (χ0n) is 16.8. The van der Waals surface area contributed by atoms with Crippen molar-refractivity contribution in [3.63, 3.8) is 0 Å². The van der Waals surface area contributed by atoms with Crippen LogP contribution in [0, 0.1) is 5.82 Å². The Morgan fingerprint density at radius 2 is 1.84 bits per heavy atom. The van der Waals surface area contributed by atoms with E-state index in [9.17, 15) is 22.4 Å². The van der Waals surface area contributed by atoms with Gasteiger partial charge in [0.25, 0.3) is 0 Å². The third-order valence-corrected chi connectivity index (χ3v) is 5.11. The van der Waals surface area contributed by atoms with Crippen molar-refractivity contribution in [2.24, 2.45) is 0 Å². The molecule has 0 amide bonds. The SMILES string of the molecule is CN(Cc1ccc(OCC(=O)O)c(-c2cccc(C(F)(F)F)n2)c1)Sc1ccc(F)cc1. The Bertz CT molecular complexity index is 1090. The summed E-state index contributed by atoms with van der Waals surface area (Å²) in [4.78, 5) is 15.4. The largest absolute Gasteiger partial charge is 0.481 e. The van der Waals surface area contributed by atoms with E-state index in [1.165, 1.54) is 42.3 Å². The first-order chi connectivity index (χ1) is 15.1. The van der Waals surface area contributed by atoms with Gasteiger partial charge in [-0.3, -0.25) is 0 Å². The van der Waals surface area contributed by atoms with Gasteiger partial charge in [0.05, 0.1) is 5.69 Å². The fourth-order valence-electron chi connectivity index (χ4n) is 2.85. The van der Waals surface area contributed by atoms with Crippen LogP contribution < -0.4 is 4.74 Å². The summed E-state index contributed by atoms with van der Waals surface area (Å²) in [5.74, 6) is -1.45. The number of ether oxygens (including phenoxy) is 1. The molecule has 0 bridgehead atoms. The van der Waals surface area contributed by atoms with Crippen molar-refractivity contribution in [3.8, 4) is 17.0 Å². The Labute approximate surface area is 185 Å². The highest BCUT2D eigenvalue weighted by molar-refractivity contribution is 7.97. The van der Waals surface area contributed by atoms with Crippen molar-refractivity contribution < 1.29 is 32.2 Å². The van der Waals surface area contributed by atoms with Crippen LogP contribution in [-0.4, -0.2) is 34.0 Å². The number of hydrogen-bond donors (Lipinski definition) is 1. The van der Waals surface area contributed by atoms with Crippen LogP contribution in [0.1, 0.15) is 11.3 Å². The maximum Gasteiger partial charge on any atom is 0.433 e. The molecule has 0 radical (unpaired) electrons. The first-order valence-electron chi connectivity index (χ1n) is 9.28. The number of hydrogen-bond acceptors (Lipinski definition) is 5. The number of aromatic nitrogens is 1. The van der Waals surface area contributed by atoms with Crippen LogP contribution in [0.3, 0.4) is 0 Å². The standard InChI is InChI=1S/C22H18F4N2O3S/c1-28(32-16-8-6-15(23)7-9-16)12-14-5-10-19(31-13-21(29)30)17(11-14)18-3-2-4-20(27-18)22(24,25)26/h2-11H,12-13H2,1H3,(H,29,30). The van der Waals surface area contributed by atoms with Crippen LogP contribution in [0.2, 0.25) is 0 Å². The second-order valence-electron chi connectivity index (χ2n) is 6.75. The molecule has 0 aliphatic carbocycles. The molecule has 0 unspecified atom stereocenters. The third kappa shape index (κ3) is 6.44. The lowest BCUT2D eigenvalue weighted by Crippen LogP contribution is -2.12. The van der Waals surface area contributed by atoms with Gasteiger partial charge in [0.1, 0.15) is 17.3 Å². The summed E-state index contributed by atoms with van der Waals surface area (Å²) in [5.41, 5.74) is -0.0708. The molecular formula is C22H18F4N2O3S. The van der Waals surface area contributed by atoms with Crippen LogP contribution in [0.5, 0.6) is 5.75 Å². The molecule has 168 valence electrons. The zero-order chi connectivity index (χ0) is 23.3. The molecule has 3 rings (SSSR count). The smallest absolute Gasteiger partial charge is 0.433 e. The maximum atomic E-state index is 13.1. The molecule has 2 aromatic carbocycles. The van der Waals surface area contributed by atoms with E-state index in [2.05, 4.69) is 4.98 Å². The lowest BCUT2D eigenvalue weighted by molar-refractivity contribution is -0.141. The predicted molar refractivity (Wildman–Crippen MR) is 112 cm³/mol. The van der Waals surface area contributed by atoms with E-state index in [1.54, 1.807) is 24.3 Å². The van der Waals surface area contributed by atoms with Gasteiger partial charge in [0, 0.05) is 17.0 Å². The van der Waals surface area contributed by atoms with E-state index in [4.69, 9.17) is 9.84 Å². The molecule has 0 saturated carbocycles. The first-order valence-corrected chi connectivity index (χ1v) is 10.1. The van der Waals surface area contributed by atoms with E-state index in [0.29, 0.717) is 6.54 Å².